The van der Waals surface area contributed by atoms with Crippen molar-refractivity contribution in [3.63, 3.8) is 0 Å². The van der Waals surface area contributed by atoms with Crippen LogP contribution in [0.4, 0.5) is 0 Å². The lowest BCUT2D eigenvalue weighted by atomic mass is 9.89. The number of carbonyl (C=O) groups excluding carboxylic acids is 1. The number of nitrogens with one attached hydrogen (secondary N) is 1. The normalized spacial score (nSPS) is 34.8. The van der Waals surface area contributed by atoms with Gasteiger partial charge in [-0.25, -0.2) is 4.79 Å². The molecule has 2 aliphatic rings. The van der Waals surface area contributed by atoms with Crippen molar-refractivity contribution in [3.8, 4) is 0 Å². The molecule has 0 aromatic carbocycles. The Balaban J connectivity index is 1.86. The molecule has 2 aliphatic heterocycles. The average molecular weight is 242 g/mol. The molecule has 2 saturated heterocycles. The molecule has 0 amide bonds. The molecule has 0 radical (unpaired) electrons. The molecule has 0 aliphatic carbocycles. The molecule has 2 heterocycles. The Labute approximate surface area is 102 Å². The minimum Gasteiger partial charge on any atom is -0.467 e. The van der Waals surface area contributed by atoms with Crippen molar-refractivity contribution in [2.24, 2.45) is 5.41 Å². The SMILES string of the molecule is COC(=O)C1CN(CC2(C)CCNC2)CCO1. The summed E-state index contributed by atoms with van der Waals surface area (Å²) in [4.78, 5) is 13.8. The molecule has 5 nitrogen and oxygen atoms in total. The summed E-state index contributed by atoms with van der Waals surface area (Å²) in [5, 5.41) is 3.40. The summed E-state index contributed by atoms with van der Waals surface area (Å²) < 4.78 is 10.2. The smallest absolute Gasteiger partial charge is 0.336 e. The fourth-order valence-corrected chi connectivity index (χ4v) is 2.66. The first-order valence-electron chi connectivity index (χ1n) is 6.25. The quantitative estimate of drug-likeness (QED) is 0.698. The minimum atomic E-state index is -0.410. The van der Waals surface area contributed by atoms with Crippen LogP contribution >= 0.6 is 0 Å². The maximum Gasteiger partial charge on any atom is 0.336 e. The Bertz CT molecular complexity index is 277. The van der Waals surface area contributed by atoms with Crippen molar-refractivity contribution in [1.29, 1.82) is 0 Å². The van der Waals surface area contributed by atoms with Gasteiger partial charge in [-0.15, -0.1) is 0 Å². The fourth-order valence-electron chi connectivity index (χ4n) is 2.66. The minimum absolute atomic E-state index is 0.260. The van der Waals surface area contributed by atoms with Crippen LogP contribution in [0.15, 0.2) is 0 Å². The van der Waals surface area contributed by atoms with Gasteiger partial charge in [-0.3, -0.25) is 4.90 Å². The van der Waals surface area contributed by atoms with E-state index >= 15 is 0 Å². The number of methoxy groups -OCH3 is 1. The van der Waals surface area contributed by atoms with Gasteiger partial charge in [0.1, 0.15) is 0 Å². The lowest BCUT2D eigenvalue weighted by molar-refractivity contribution is -0.160. The zero-order valence-corrected chi connectivity index (χ0v) is 10.7. The van der Waals surface area contributed by atoms with Crippen LogP contribution in [0, 0.1) is 5.41 Å². The van der Waals surface area contributed by atoms with E-state index in [2.05, 4.69) is 17.1 Å². The number of carbonyl (C=O) groups is 1. The lowest BCUT2D eigenvalue weighted by Crippen LogP contribution is -2.50. The highest BCUT2D eigenvalue weighted by Crippen LogP contribution is 2.26. The van der Waals surface area contributed by atoms with Gasteiger partial charge >= 0.3 is 5.97 Å². The Hall–Kier alpha value is -0.650. The third kappa shape index (κ3) is 3.18. The number of ether oxygens (including phenoxy) is 2. The van der Waals surface area contributed by atoms with Crippen LogP contribution < -0.4 is 5.32 Å². The molecule has 0 aromatic heterocycles. The molecule has 5 heteroatoms. The first kappa shape index (κ1) is 12.8. The topological polar surface area (TPSA) is 50.8 Å². The van der Waals surface area contributed by atoms with E-state index in [1.807, 2.05) is 0 Å². The molecule has 2 fully saturated rings. The van der Waals surface area contributed by atoms with Gasteiger partial charge in [-0.05, 0) is 18.4 Å². The molecular weight excluding hydrogens is 220 g/mol. The number of rotatable bonds is 3. The van der Waals surface area contributed by atoms with E-state index in [4.69, 9.17) is 9.47 Å². The predicted octanol–water partition coefficient (Wildman–Crippen LogP) is -0.140. The monoisotopic (exact) mass is 242 g/mol. The molecule has 0 bridgehead atoms. The van der Waals surface area contributed by atoms with Gasteiger partial charge in [0.2, 0.25) is 0 Å². The van der Waals surface area contributed by atoms with E-state index in [1.54, 1.807) is 0 Å². The second-order valence-electron chi connectivity index (χ2n) is 5.36. The molecule has 2 atom stereocenters. The zero-order valence-electron chi connectivity index (χ0n) is 10.7. The van der Waals surface area contributed by atoms with Crippen molar-refractivity contribution in [2.45, 2.75) is 19.4 Å². The van der Waals surface area contributed by atoms with E-state index < -0.39 is 6.10 Å². The Morgan fingerprint density at radius 3 is 3.12 bits per heavy atom. The molecular formula is C12H22N2O3. The first-order valence-corrected chi connectivity index (χ1v) is 6.25. The van der Waals surface area contributed by atoms with E-state index in [-0.39, 0.29) is 5.97 Å². The number of esters is 1. The fraction of sp³-hybridized carbons (Fsp3) is 0.917. The average Bonchev–Trinajstić information content (AvgIpc) is 2.75. The maximum absolute atomic E-state index is 11.4. The Kier molecular flexibility index (Phi) is 4.01. The van der Waals surface area contributed by atoms with Gasteiger partial charge in [0.05, 0.1) is 13.7 Å². The van der Waals surface area contributed by atoms with Crippen molar-refractivity contribution >= 4 is 5.97 Å². The van der Waals surface area contributed by atoms with Gasteiger partial charge in [0, 0.05) is 26.2 Å². The van der Waals surface area contributed by atoms with Gasteiger partial charge in [-0.1, -0.05) is 6.92 Å². The van der Waals surface area contributed by atoms with E-state index in [0.717, 1.165) is 26.2 Å². The molecule has 98 valence electrons. The Morgan fingerprint density at radius 2 is 2.47 bits per heavy atom. The van der Waals surface area contributed by atoms with Crippen molar-refractivity contribution in [1.82, 2.24) is 10.2 Å². The summed E-state index contributed by atoms with van der Waals surface area (Å²) in [7, 11) is 1.41. The van der Waals surface area contributed by atoms with Crippen LogP contribution in [-0.2, 0) is 14.3 Å². The van der Waals surface area contributed by atoms with E-state index in [0.29, 0.717) is 18.6 Å². The van der Waals surface area contributed by atoms with Gasteiger partial charge < -0.3 is 14.8 Å². The highest BCUT2D eigenvalue weighted by atomic mass is 16.6. The summed E-state index contributed by atoms with van der Waals surface area (Å²) >= 11 is 0. The van der Waals surface area contributed by atoms with Crippen LogP contribution in [-0.4, -0.2) is 63.4 Å². The number of morpholine rings is 1. The zero-order chi connectivity index (χ0) is 12.3. The number of nitrogens with zero attached hydrogens (tertiary/aromatic N) is 1. The third-order valence-corrected chi connectivity index (χ3v) is 3.68. The molecule has 2 rings (SSSR count). The van der Waals surface area contributed by atoms with Crippen LogP contribution in [0.25, 0.3) is 0 Å². The van der Waals surface area contributed by atoms with Crippen LogP contribution in [0.3, 0.4) is 0 Å². The van der Waals surface area contributed by atoms with Crippen LogP contribution in [0.1, 0.15) is 13.3 Å². The molecule has 17 heavy (non-hydrogen) atoms. The maximum atomic E-state index is 11.4. The van der Waals surface area contributed by atoms with Gasteiger partial charge in [0.25, 0.3) is 0 Å². The van der Waals surface area contributed by atoms with E-state index in [9.17, 15) is 4.79 Å². The summed E-state index contributed by atoms with van der Waals surface area (Å²) in [6.45, 7) is 7.66. The summed E-state index contributed by atoms with van der Waals surface area (Å²) in [5.41, 5.74) is 0.331. The standard InChI is InChI=1S/C12H22N2O3/c1-12(3-4-13-8-12)9-14-5-6-17-10(7-14)11(15)16-2/h10,13H,3-9H2,1-2H3. The van der Waals surface area contributed by atoms with Crippen molar-refractivity contribution in [2.75, 3.05) is 46.4 Å². The third-order valence-electron chi connectivity index (χ3n) is 3.68. The molecule has 0 aromatic rings. The lowest BCUT2D eigenvalue weighted by Gasteiger charge is -2.36. The Morgan fingerprint density at radius 1 is 1.65 bits per heavy atom. The second-order valence-corrected chi connectivity index (χ2v) is 5.36. The molecule has 2 unspecified atom stereocenters. The summed E-state index contributed by atoms with van der Waals surface area (Å²) in [6.07, 6.45) is 0.791. The van der Waals surface area contributed by atoms with Crippen LogP contribution in [0.5, 0.6) is 0 Å². The van der Waals surface area contributed by atoms with Crippen LogP contribution in [0.2, 0.25) is 0 Å². The van der Waals surface area contributed by atoms with Gasteiger partial charge in [-0.2, -0.15) is 0 Å². The molecule has 0 saturated carbocycles. The highest BCUT2D eigenvalue weighted by Gasteiger charge is 2.34. The second kappa shape index (κ2) is 5.33. The number of hydrogen-bond donors (Lipinski definition) is 1. The van der Waals surface area contributed by atoms with Gasteiger partial charge in [0.15, 0.2) is 6.10 Å². The van der Waals surface area contributed by atoms with E-state index in [1.165, 1.54) is 13.5 Å². The predicted molar refractivity (Wildman–Crippen MR) is 63.8 cm³/mol. The largest absolute Gasteiger partial charge is 0.467 e. The molecule has 0 spiro atoms. The summed E-state index contributed by atoms with van der Waals surface area (Å²) in [5.74, 6) is -0.260. The molecule has 1 N–H and O–H groups in total. The number of hydrogen-bond acceptors (Lipinski definition) is 5. The first-order chi connectivity index (χ1) is 8.13. The van der Waals surface area contributed by atoms with Crippen molar-refractivity contribution < 1.29 is 14.3 Å². The highest BCUT2D eigenvalue weighted by molar-refractivity contribution is 5.74. The van der Waals surface area contributed by atoms with Crippen molar-refractivity contribution in [3.05, 3.63) is 0 Å². The summed E-state index contributed by atoms with van der Waals surface area (Å²) in [6, 6.07) is 0.